The molecule has 0 saturated heterocycles. The molecule has 0 fully saturated rings. The first kappa shape index (κ1) is 15.1. The van der Waals surface area contributed by atoms with Crippen molar-refractivity contribution in [1.82, 2.24) is 0 Å². The Hall–Kier alpha value is -1.98. The second-order valence-corrected chi connectivity index (χ2v) is 3.77. The normalized spacial score (nSPS) is 10.9. The van der Waals surface area contributed by atoms with Crippen LogP contribution < -0.4 is 4.74 Å². The van der Waals surface area contributed by atoms with Gasteiger partial charge in [0.15, 0.2) is 0 Å². The lowest BCUT2D eigenvalue weighted by molar-refractivity contribution is -0.166. The molecule has 6 heteroatoms. The maximum Gasteiger partial charge on any atom is 0.381 e. The van der Waals surface area contributed by atoms with Gasteiger partial charge in [-0.05, 0) is 30.7 Å². The van der Waals surface area contributed by atoms with E-state index in [9.17, 15) is 18.4 Å². The highest BCUT2D eigenvalue weighted by Gasteiger charge is 2.45. The summed E-state index contributed by atoms with van der Waals surface area (Å²) in [6.07, 6.45) is 0.452. The number of ether oxygens (including phenoxy) is 2. The van der Waals surface area contributed by atoms with Gasteiger partial charge >= 0.3 is 17.7 Å². The summed E-state index contributed by atoms with van der Waals surface area (Å²) >= 11 is 0. The highest BCUT2D eigenvalue weighted by molar-refractivity contribution is 6.36. The van der Waals surface area contributed by atoms with Crippen molar-refractivity contribution in [3.8, 4) is 5.75 Å². The second kappa shape index (κ2) is 6.26. The summed E-state index contributed by atoms with van der Waals surface area (Å²) in [7, 11) is 1.39. The Balaban J connectivity index is 2.88. The van der Waals surface area contributed by atoms with Crippen LogP contribution in [0.25, 0.3) is 0 Å². The molecule has 1 aromatic rings. The van der Waals surface area contributed by atoms with Crippen LogP contribution in [0, 0.1) is 0 Å². The fourth-order valence-corrected chi connectivity index (χ4v) is 1.32. The van der Waals surface area contributed by atoms with Gasteiger partial charge in [0.1, 0.15) is 5.75 Å². The summed E-state index contributed by atoms with van der Waals surface area (Å²) < 4.78 is 36.8. The molecule has 4 nitrogen and oxygen atoms in total. The largest absolute Gasteiger partial charge is 0.497 e. The van der Waals surface area contributed by atoms with Gasteiger partial charge in [0.05, 0.1) is 13.7 Å². The van der Waals surface area contributed by atoms with Crippen molar-refractivity contribution in [3.63, 3.8) is 0 Å². The standard InChI is InChI=1S/C13H14F2O4/c1-3-8-19-12(17)11(16)13(14,15)9-4-6-10(18-2)7-5-9/h4-7H,3,8H2,1-2H3. The van der Waals surface area contributed by atoms with Crippen LogP contribution in [0.3, 0.4) is 0 Å². The number of hydrogen-bond acceptors (Lipinski definition) is 4. The zero-order chi connectivity index (χ0) is 14.5. The molecule has 0 spiro atoms. The lowest BCUT2D eigenvalue weighted by Gasteiger charge is -2.14. The van der Waals surface area contributed by atoms with E-state index in [1.165, 1.54) is 19.2 Å². The van der Waals surface area contributed by atoms with Crippen molar-refractivity contribution in [3.05, 3.63) is 29.8 Å². The Labute approximate surface area is 109 Å². The number of carbonyl (C=O) groups is 2. The first-order valence-corrected chi connectivity index (χ1v) is 5.67. The van der Waals surface area contributed by atoms with Crippen LogP contribution in [0.1, 0.15) is 18.9 Å². The molecule has 0 heterocycles. The topological polar surface area (TPSA) is 52.6 Å². The Morgan fingerprint density at radius 1 is 1.21 bits per heavy atom. The van der Waals surface area contributed by atoms with Crippen molar-refractivity contribution in [2.75, 3.05) is 13.7 Å². The number of carbonyl (C=O) groups excluding carboxylic acids is 2. The minimum absolute atomic E-state index is 0.0662. The summed E-state index contributed by atoms with van der Waals surface area (Å²) in [6.45, 7) is 1.63. The molecule has 0 aliphatic carbocycles. The van der Waals surface area contributed by atoms with E-state index in [0.29, 0.717) is 12.2 Å². The number of rotatable bonds is 6. The summed E-state index contributed by atoms with van der Waals surface area (Å²) in [4.78, 5) is 22.5. The van der Waals surface area contributed by atoms with Gasteiger partial charge in [-0.25, -0.2) is 4.79 Å². The summed E-state index contributed by atoms with van der Waals surface area (Å²) in [6, 6.07) is 4.63. The van der Waals surface area contributed by atoms with Crippen molar-refractivity contribution < 1.29 is 27.8 Å². The number of alkyl halides is 2. The van der Waals surface area contributed by atoms with Gasteiger partial charge in [-0.2, -0.15) is 8.78 Å². The number of ketones is 1. The molecule has 104 valence electrons. The molecule has 0 bridgehead atoms. The van der Waals surface area contributed by atoms with Gasteiger partial charge in [-0.1, -0.05) is 6.92 Å². The smallest absolute Gasteiger partial charge is 0.381 e. The van der Waals surface area contributed by atoms with Crippen LogP contribution in [0.5, 0.6) is 5.75 Å². The van der Waals surface area contributed by atoms with Crippen LogP contribution in [0.4, 0.5) is 8.78 Å². The van der Waals surface area contributed by atoms with E-state index in [-0.39, 0.29) is 6.61 Å². The summed E-state index contributed by atoms with van der Waals surface area (Å²) in [5.41, 5.74) is -0.577. The van der Waals surface area contributed by atoms with Crippen LogP contribution in [-0.2, 0) is 20.2 Å². The van der Waals surface area contributed by atoms with E-state index in [1.807, 2.05) is 0 Å². The predicted molar refractivity (Wildman–Crippen MR) is 63.1 cm³/mol. The van der Waals surface area contributed by atoms with E-state index < -0.39 is 23.2 Å². The van der Waals surface area contributed by atoms with Crippen molar-refractivity contribution in [2.24, 2.45) is 0 Å². The van der Waals surface area contributed by atoms with Crippen LogP contribution >= 0.6 is 0 Å². The average Bonchev–Trinajstić information content (AvgIpc) is 2.43. The number of hydrogen-bond donors (Lipinski definition) is 0. The quantitative estimate of drug-likeness (QED) is 0.589. The molecule has 0 radical (unpaired) electrons. The lowest BCUT2D eigenvalue weighted by atomic mass is 10.0. The number of Topliss-reactive ketones (excluding diaryl/α,β-unsaturated/α-hetero) is 1. The molecule has 19 heavy (non-hydrogen) atoms. The summed E-state index contributed by atoms with van der Waals surface area (Å²) in [5.74, 6) is -6.92. The van der Waals surface area contributed by atoms with Crippen LogP contribution in [0.2, 0.25) is 0 Å². The Kier molecular flexibility index (Phi) is 4.97. The maximum atomic E-state index is 13.8. The Morgan fingerprint density at radius 2 is 1.79 bits per heavy atom. The minimum atomic E-state index is -3.91. The van der Waals surface area contributed by atoms with Gasteiger partial charge in [0.25, 0.3) is 0 Å². The molecule has 0 saturated carbocycles. The molecule has 1 rings (SSSR count). The SMILES string of the molecule is CCCOC(=O)C(=O)C(F)(F)c1ccc(OC)cc1. The Bertz CT molecular complexity index is 454. The third-order valence-electron chi connectivity index (χ3n) is 2.36. The van der Waals surface area contributed by atoms with Crippen molar-refractivity contribution in [2.45, 2.75) is 19.3 Å². The zero-order valence-electron chi connectivity index (χ0n) is 10.6. The van der Waals surface area contributed by atoms with E-state index in [2.05, 4.69) is 4.74 Å². The van der Waals surface area contributed by atoms with Crippen molar-refractivity contribution in [1.29, 1.82) is 0 Å². The van der Waals surface area contributed by atoms with Crippen LogP contribution in [0.15, 0.2) is 24.3 Å². The van der Waals surface area contributed by atoms with E-state index >= 15 is 0 Å². The molecule has 0 N–H and O–H groups in total. The molecule has 0 atom stereocenters. The van der Waals surface area contributed by atoms with Crippen molar-refractivity contribution >= 4 is 11.8 Å². The fraction of sp³-hybridized carbons (Fsp3) is 0.385. The zero-order valence-corrected chi connectivity index (χ0v) is 10.6. The fourth-order valence-electron chi connectivity index (χ4n) is 1.32. The third-order valence-corrected chi connectivity index (χ3v) is 2.36. The van der Waals surface area contributed by atoms with Gasteiger partial charge in [-0.15, -0.1) is 0 Å². The molecular weight excluding hydrogens is 258 g/mol. The van der Waals surface area contributed by atoms with E-state index in [1.54, 1.807) is 6.92 Å². The number of benzene rings is 1. The molecular formula is C13H14F2O4. The first-order chi connectivity index (χ1) is 8.93. The molecule has 0 aromatic heterocycles. The predicted octanol–water partition coefficient (Wildman–Crippen LogP) is 2.31. The monoisotopic (exact) mass is 272 g/mol. The third kappa shape index (κ3) is 3.49. The molecule has 0 aliphatic heterocycles. The number of esters is 1. The molecule has 0 aliphatic rings. The summed E-state index contributed by atoms with van der Waals surface area (Å²) in [5, 5.41) is 0. The molecule has 1 aromatic carbocycles. The second-order valence-electron chi connectivity index (χ2n) is 3.77. The maximum absolute atomic E-state index is 13.8. The van der Waals surface area contributed by atoms with E-state index in [4.69, 9.17) is 4.74 Å². The molecule has 0 unspecified atom stereocenters. The van der Waals surface area contributed by atoms with Gasteiger partial charge in [0, 0.05) is 5.56 Å². The van der Waals surface area contributed by atoms with Gasteiger partial charge < -0.3 is 9.47 Å². The van der Waals surface area contributed by atoms with Gasteiger partial charge in [0.2, 0.25) is 0 Å². The van der Waals surface area contributed by atoms with Crippen LogP contribution in [-0.4, -0.2) is 25.5 Å². The van der Waals surface area contributed by atoms with E-state index in [0.717, 1.165) is 12.1 Å². The highest BCUT2D eigenvalue weighted by atomic mass is 19.3. The highest BCUT2D eigenvalue weighted by Crippen LogP contribution is 2.30. The number of halogens is 2. The average molecular weight is 272 g/mol. The van der Waals surface area contributed by atoms with Gasteiger partial charge in [-0.3, -0.25) is 4.79 Å². The Morgan fingerprint density at radius 3 is 2.26 bits per heavy atom. The minimum Gasteiger partial charge on any atom is -0.497 e. The lowest BCUT2D eigenvalue weighted by Crippen LogP contribution is -2.34. The number of methoxy groups -OCH3 is 1. The molecule has 0 amide bonds. The first-order valence-electron chi connectivity index (χ1n) is 5.67.